The zero-order chi connectivity index (χ0) is 18.8. The summed E-state index contributed by atoms with van der Waals surface area (Å²) in [5.74, 6) is -0.693. The van der Waals surface area contributed by atoms with E-state index in [9.17, 15) is 19.3 Å². The lowest BCUT2D eigenvalue weighted by molar-refractivity contribution is -0.385. The van der Waals surface area contributed by atoms with E-state index in [0.717, 1.165) is 6.07 Å². The number of hydrogen-bond acceptors (Lipinski definition) is 5. The summed E-state index contributed by atoms with van der Waals surface area (Å²) in [6.07, 6.45) is 1.71. The molecule has 0 atom stereocenters. The number of halogens is 1. The van der Waals surface area contributed by atoms with Gasteiger partial charge in [-0.15, -0.1) is 0 Å². The Hall–Kier alpha value is -2.64. The minimum Gasteiger partial charge on any atom is -0.490 e. The van der Waals surface area contributed by atoms with Gasteiger partial charge in [-0.2, -0.15) is 0 Å². The molecular weight excluding hydrogens is 331 g/mol. The molecule has 0 saturated carbocycles. The Kier molecular flexibility index (Phi) is 5.30. The highest BCUT2D eigenvalue weighted by molar-refractivity contribution is 5.74. The maximum absolute atomic E-state index is 14.3. The van der Waals surface area contributed by atoms with E-state index in [4.69, 9.17) is 9.47 Å². The average molecular weight is 352 g/mol. The number of nitro benzene ring substituents is 1. The summed E-state index contributed by atoms with van der Waals surface area (Å²) in [7, 11) is 1.30. The fourth-order valence-corrected chi connectivity index (χ4v) is 2.50. The van der Waals surface area contributed by atoms with Crippen LogP contribution in [0, 0.1) is 15.9 Å². The summed E-state index contributed by atoms with van der Waals surface area (Å²) in [5, 5.41) is 10.9. The van der Waals surface area contributed by atoms with Gasteiger partial charge in [-0.3, -0.25) is 10.1 Å². The van der Waals surface area contributed by atoms with Crippen LogP contribution >= 0.6 is 0 Å². The molecule has 0 aliphatic carbocycles. The average Bonchev–Trinajstić information content (AvgIpc) is 2.53. The van der Waals surface area contributed by atoms with Gasteiger partial charge in [0, 0.05) is 18.7 Å². The lowest BCUT2D eigenvalue weighted by Gasteiger charge is -2.29. The van der Waals surface area contributed by atoms with E-state index >= 15 is 0 Å². The van der Waals surface area contributed by atoms with Gasteiger partial charge < -0.3 is 14.4 Å². The molecule has 0 N–H and O–H groups in total. The maximum Gasteiger partial charge on any atom is 0.410 e. The van der Waals surface area contributed by atoms with Crippen molar-refractivity contribution in [2.24, 2.45) is 0 Å². The Morgan fingerprint density at radius 2 is 2.04 bits per heavy atom. The molecule has 1 heterocycles. The van der Waals surface area contributed by atoms with Crippen LogP contribution in [0.3, 0.4) is 0 Å². The van der Waals surface area contributed by atoms with Gasteiger partial charge in [-0.25, -0.2) is 9.18 Å². The number of nitro groups is 1. The molecular formula is C17H21FN2O5. The van der Waals surface area contributed by atoms with E-state index in [2.05, 4.69) is 0 Å². The van der Waals surface area contributed by atoms with E-state index in [-0.39, 0.29) is 17.9 Å². The molecule has 1 aromatic rings. The molecule has 1 aliphatic heterocycles. The number of nitrogens with zero attached hydrogens (tertiary/aromatic N) is 2. The van der Waals surface area contributed by atoms with Crippen molar-refractivity contribution in [1.82, 2.24) is 4.90 Å². The molecule has 0 radical (unpaired) electrons. The first-order valence-corrected chi connectivity index (χ1v) is 7.81. The van der Waals surface area contributed by atoms with Crippen LogP contribution in [0.15, 0.2) is 18.2 Å². The molecule has 0 bridgehead atoms. The first-order valence-electron chi connectivity index (χ1n) is 7.81. The quantitative estimate of drug-likeness (QED) is 0.611. The first kappa shape index (κ1) is 18.7. The van der Waals surface area contributed by atoms with Crippen LogP contribution in [0.2, 0.25) is 0 Å². The highest BCUT2D eigenvalue weighted by atomic mass is 19.1. The van der Waals surface area contributed by atoms with Crippen LogP contribution in [0.5, 0.6) is 5.75 Å². The molecule has 0 spiro atoms. The largest absolute Gasteiger partial charge is 0.490 e. The van der Waals surface area contributed by atoms with E-state index in [1.807, 2.05) is 0 Å². The van der Waals surface area contributed by atoms with Crippen molar-refractivity contribution in [3.8, 4) is 5.75 Å². The van der Waals surface area contributed by atoms with Crippen LogP contribution in [-0.4, -0.2) is 41.7 Å². The molecule has 0 aromatic heterocycles. The second-order valence-electron chi connectivity index (χ2n) is 6.67. The van der Waals surface area contributed by atoms with Crippen LogP contribution in [0.4, 0.5) is 14.9 Å². The van der Waals surface area contributed by atoms with Crippen LogP contribution in [-0.2, 0) is 4.74 Å². The second kappa shape index (κ2) is 7.08. The summed E-state index contributed by atoms with van der Waals surface area (Å²) in [6, 6.07) is 2.18. The standard InChI is InChI=1S/C17H21FN2O5/c1-17(2,3)25-16(21)19-7-5-11(6-8-19)12-9-15(24-4)14(20(22)23)10-13(12)18/h5,9-10H,6-8H2,1-4H3. The predicted molar refractivity (Wildman–Crippen MR) is 90.0 cm³/mol. The molecule has 0 saturated heterocycles. The van der Waals surface area contributed by atoms with Gasteiger partial charge in [0.2, 0.25) is 0 Å². The predicted octanol–water partition coefficient (Wildman–Crippen LogP) is 3.77. The third kappa shape index (κ3) is 4.46. The van der Waals surface area contributed by atoms with Gasteiger partial charge in [-0.1, -0.05) is 6.08 Å². The molecule has 1 aliphatic rings. The fraction of sp³-hybridized carbons (Fsp3) is 0.471. The first-order chi connectivity index (χ1) is 11.6. The van der Waals surface area contributed by atoms with Gasteiger partial charge in [0.25, 0.3) is 0 Å². The Balaban J connectivity index is 2.21. The normalized spacial score (nSPS) is 14.8. The number of rotatable bonds is 3. The molecule has 1 aromatic carbocycles. The molecule has 1 amide bonds. The molecule has 7 nitrogen and oxygen atoms in total. The van der Waals surface area contributed by atoms with E-state index in [1.165, 1.54) is 18.1 Å². The van der Waals surface area contributed by atoms with E-state index < -0.39 is 28.1 Å². The van der Waals surface area contributed by atoms with Crippen molar-refractivity contribution in [3.63, 3.8) is 0 Å². The van der Waals surface area contributed by atoms with Gasteiger partial charge in [0.1, 0.15) is 11.4 Å². The number of carbonyl (C=O) groups is 1. The van der Waals surface area contributed by atoms with Crippen molar-refractivity contribution >= 4 is 17.4 Å². The number of benzene rings is 1. The second-order valence-corrected chi connectivity index (χ2v) is 6.67. The van der Waals surface area contributed by atoms with Gasteiger partial charge in [0.15, 0.2) is 5.75 Å². The Morgan fingerprint density at radius 3 is 2.52 bits per heavy atom. The van der Waals surface area contributed by atoms with Crippen LogP contribution in [0.1, 0.15) is 32.8 Å². The Bertz CT molecular complexity index is 724. The summed E-state index contributed by atoms with van der Waals surface area (Å²) in [6.45, 7) is 6.01. The van der Waals surface area contributed by atoms with Crippen molar-refractivity contribution in [3.05, 3.63) is 39.7 Å². The third-order valence-corrected chi connectivity index (χ3v) is 3.67. The molecule has 2 rings (SSSR count). The molecule has 0 unspecified atom stereocenters. The number of amides is 1. The lowest BCUT2D eigenvalue weighted by atomic mass is 9.98. The van der Waals surface area contributed by atoms with Gasteiger partial charge in [-0.05, 0) is 38.8 Å². The van der Waals surface area contributed by atoms with Gasteiger partial charge in [0.05, 0.1) is 18.1 Å². The minimum atomic E-state index is -0.690. The number of ether oxygens (including phenoxy) is 2. The molecule has 0 fully saturated rings. The summed E-state index contributed by atoms with van der Waals surface area (Å²) >= 11 is 0. The summed E-state index contributed by atoms with van der Waals surface area (Å²) in [4.78, 5) is 23.8. The van der Waals surface area contributed by atoms with Gasteiger partial charge >= 0.3 is 11.8 Å². The summed E-state index contributed by atoms with van der Waals surface area (Å²) < 4.78 is 24.6. The lowest BCUT2D eigenvalue weighted by Crippen LogP contribution is -2.39. The zero-order valence-corrected chi connectivity index (χ0v) is 14.7. The number of carbonyl (C=O) groups excluding carboxylic acids is 1. The Morgan fingerprint density at radius 1 is 1.36 bits per heavy atom. The molecule has 25 heavy (non-hydrogen) atoms. The van der Waals surface area contributed by atoms with E-state index in [1.54, 1.807) is 26.8 Å². The fourth-order valence-electron chi connectivity index (χ4n) is 2.50. The van der Waals surface area contributed by atoms with Crippen molar-refractivity contribution in [2.45, 2.75) is 32.8 Å². The molecule has 136 valence electrons. The maximum atomic E-state index is 14.3. The highest BCUT2D eigenvalue weighted by Crippen LogP contribution is 2.34. The van der Waals surface area contributed by atoms with Crippen molar-refractivity contribution in [2.75, 3.05) is 20.2 Å². The SMILES string of the molecule is COc1cc(C2=CCN(C(=O)OC(C)(C)C)CC2)c(F)cc1[N+](=O)[O-]. The van der Waals surface area contributed by atoms with Crippen LogP contribution < -0.4 is 4.74 Å². The molecule has 8 heteroatoms. The highest BCUT2D eigenvalue weighted by Gasteiger charge is 2.26. The van der Waals surface area contributed by atoms with Crippen LogP contribution in [0.25, 0.3) is 5.57 Å². The van der Waals surface area contributed by atoms with Crippen molar-refractivity contribution in [1.29, 1.82) is 0 Å². The summed E-state index contributed by atoms with van der Waals surface area (Å²) in [5.41, 5.74) is -0.0915. The smallest absolute Gasteiger partial charge is 0.410 e. The third-order valence-electron chi connectivity index (χ3n) is 3.67. The topological polar surface area (TPSA) is 81.9 Å². The minimum absolute atomic E-state index is 0.00290. The number of hydrogen-bond donors (Lipinski definition) is 0. The number of methoxy groups -OCH3 is 1. The van der Waals surface area contributed by atoms with Crippen molar-refractivity contribution < 1.29 is 23.6 Å². The van der Waals surface area contributed by atoms with E-state index in [0.29, 0.717) is 18.5 Å². The Labute approximate surface area is 145 Å². The zero-order valence-electron chi connectivity index (χ0n) is 14.7. The monoisotopic (exact) mass is 352 g/mol.